The van der Waals surface area contributed by atoms with E-state index in [0.29, 0.717) is 6.61 Å². The summed E-state index contributed by atoms with van der Waals surface area (Å²) in [5.74, 6) is 0. The Morgan fingerprint density at radius 3 is 2.90 bits per heavy atom. The maximum atomic E-state index is 5.37. The highest BCUT2D eigenvalue weighted by molar-refractivity contribution is 5.48. The summed E-state index contributed by atoms with van der Waals surface area (Å²) < 4.78 is 5.37. The van der Waals surface area contributed by atoms with E-state index in [1.165, 1.54) is 12.0 Å². The third-order valence-electron chi connectivity index (χ3n) is 2.81. The van der Waals surface area contributed by atoms with Gasteiger partial charge in [-0.25, -0.2) is 4.99 Å². The number of aliphatic imine (C=N–C) groups is 1. The third-order valence-corrected chi connectivity index (χ3v) is 2.81. The summed E-state index contributed by atoms with van der Waals surface area (Å²) in [4.78, 5) is 8.68. The molecular weight excluding hydrogens is 250 g/mol. The van der Waals surface area contributed by atoms with Gasteiger partial charge in [0.2, 0.25) is 0 Å². The minimum absolute atomic E-state index is 0.582. The van der Waals surface area contributed by atoms with Gasteiger partial charge in [0, 0.05) is 30.6 Å². The van der Waals surface area contributed by atoms with Crippen molar-refractivity contribution in [3.05, 3.63) is 53.1 Å². The zero-order valence-corrected chi connectivity index (χ0v) is 12.7. The number of nitrogens with one attached hydrogen (secondary N) is 1. The highest BCUT2D eigenvalue weighted by atomic mass is 16.5. The zero-order chi connectivity index (χ0) is 14.8. The van der Waals surface area contributed by atoms with Gasteiger partial charge in [0.1, 0.15) is 0 Å². The first-order chi connectivity index (χ1) is 9.63. The smallest absolute Gasteiger partial charge is 0.174 e. The molecule has 0 bridgehead atoms. The first-order valence-electron chi connectivity index (χ1n) is 6.71. The maximum absolute atomic E-state index is 5.37. The summed E-state index contributed by atoms with van der Waals surface area (Å²) in [7, 11) is 1.85. The largest absolute Gasteiger partial charge is 0.483 e. The number of aromatic nitrogens is 1. The summed E-state index contributed by atoms with van der Waals surface area (Å²) in [6.07, 6.45) is 7.91. The number of rotatable bonds is 7. The van der Waals surface area contributed by atoms with Crippen molar-refractivity contribution in [2.75, 3.05) is 13.7 Å². The van der Waals surface area contributed by atoms with Crippen LogP contribution < -0.4 is 5.32 Å². The number of allylic oxidation sites excluding steroid dienone is 3. The lowest BCUT2D eigenvalue weighted by molar-refractivity contribution is 0.322. The Bertz CT molecular complexity index is 504. The van der Waals surface area contributed by atoms with Crippen LogP contribution in [-0.2, 0) is 11.2 Å². The van der Waals surface area contributed by atoms with Gasteiger partial charge < -0.3 is 10.1 Å². The van der Waals surface area contributed by atoms with Gasteiger partial charge in [-0.1, -0.05) is 6.07 Å². The van der Waals surface area contributed by atoms with E-state index in [1.54, 1.807) is 0 Å². The molecule has 4 heteroatoms. The summed E-state index contributed by atoms with van der Waals surface area (Å²) in [6.45, 7) is 6.59. The summed E-state index contributed by atoms with van der Waals surface area (Å²) >= 11 is 0. The lowest BCUT2D eigenvalue weighted by Gasteiger charge is -2.04. The molecule has 0 radical (unpaired) electrons. The van der Waals surface area contributed by atoms with Gasteiger partial charge in [-0.05, 0) is 50.8 Å². The van der Waals surface area contributed by atoms with E-state index in [9.17, 15) is 0 Å². The molecule has 0 aromatic carbocycles. The Hall–Kier alpha value is -2.10. The van der Waals surface area contributed by atoms with Crippen LogP contribution in [0.4, 0.5) is 0 Å². The standard InChI is InChI=1S/C16H23N3O/c1-13-7-8-16(19-15(13)3)9-11-20-12-18-14(2)6-5-10-17-4/h5-8,10,12,17H,9,11H2,1-4H3/b10-5+,14-6-,18-12+. The Morgan fingerprint density at radius 1 is 1.40 bits per heavy atom. The van der Waals surface area contributed by atoms with Crippen LogP contribution in [0.5, 0.6) is 0 Å². The molecule has 4 nitrogen and oxygen atoms in total. The van der Waals surface area contributed by atoms with Gasteiger partial charge in [-0.2, -0.15) is 0 Å². The van der Waals surface area contributed by atoms with E-state index in [2.05, 4.69) is 28.3 Å². The minimum Gasteiger partial charge on any atom is -0.483 e. The van der Waals surface area contributed by atoms with Crippen LogP contribution in [-0.4, -0.2) is 25.0 Å². The minimum atomic E-state index is 0.582. The number of ether oxygens (including phenoxy) is 1. The Kier molecular flexibility index (Phi) is 7.11. The maximum Gasteiger partial charge on any atom is 0.174 e. The van der Waals surface area contributed by atoms with Crippen LogP contribution in [0.1, 0.15) is 23.9 Å². The molecule has 108 valence electrons. The van der Waals surface area contributed by atoms with Crippen molar-refractivity contribution in [2.45, 2.75) is 27.2 Å². The van der Waals surface area contributed by atoms with Gasteiger partial charge in [0.15, 0.2) is 6.40 Å². The van der Waals surface area contributed by atoms with Crippen molar-refractivity contribution >= 4 is 6.40 Å². The van der Waals surface area contributed by atoms with Crippen LogP contribution in [0, 0.1) is 13.8 Å². The summed E-state index contributed by atoms with van der Waals surface area (Å²) in [6, 6.07) is 4.13. The average molecular weight is 273 g/mol. The molecule has 20 heavy (non-hydrogen) atoms. The molecule has 1 rings (SSSR count). The van der Waals surface area contributed by atoms with E-state index in [1.807, 2.05) is 45.3 Å². The first kappa shape index (κ1) is 16.0. The molecule has 0 amide bonds. The topological polar surface area (TPSA) is 46.5 Å². The molecule has 0 atom stereocenters. The fourth-order valence-electron chi connectivity index (χ4n) is 1.49. The molecular formula is C16H23N3O. The number of hydrogen-bond donors (Lipinski definition) is 1. The number of hydrogen-bond acceptors (Lipinski definition) is 4. The predicted molar refractivity (Wildman–Crippen MR) is 83.8 cm³/mol. The molecule has 1 heterocycles. The molecule has 1 aromatic heterocycles. The SMILES string of the molecule is CN/C=C/C=C(C)\N=C\OCCc1ccc(C)c(C)n1. The normalized spacial score (nSPS) is 12.3. The number of pyridine rings is 1. The third kappa shape index (κ3) is 6.18. The van der Waals surface area contributed by atoms with Gasteiger partial charge >= 0.3 is 0 Å². The Balaban J connectivity index is 2.32. The molecule has 0 unspecified atom stereocenters. The highest BCUT2D eigenvalue weighted by Crippen LogP contribution is 2.05. The number of nitrogens with zero attached hydrogens (tertiary/aromatic N) is 2. The first-order valence-corrected chi connectivity index (χ1v) is 6.71. The number of aryl methyl sites for hydroxylation is 2. The fraction of sp³-hybridized carbons (Fsp3) is 0.375. The van der Waals surface area contributed by atoms with Gasteiger partial charge in [-0.15, -0.1) is 0 Å². The van der Waals surface area contributed by atoms with Crippen LogP contribution >= 0.6 is 0 Å². The second-order valence-electron chi connectivity index (χ2n) is 4.52. The Labute approximate surface area is 121 Å². The van der Waals surface area contributed by atoms with E-state index in [0.717, 1.165) is 23.5 Å². The van der Waals surface area contributed by atoms with Crippen molar-refractivity contribution in [1.29, 1.82) is 0 Å². The molecule has 0 aliphatic heterocycles. The summed E-state index contributed by atoms with van der Waals surface area (Å²) in [5.41, 5.74) is 4.23. The molecule has 0 saturated carbocycles. The van der Waals surface area contributed by atoms with E-state index in [4.69, 9.17) is 4.74 Å². The average Bonchev–Trinajstić information content (AvgIpc) is 2.42. The molecule has 1 N–H and O–H groups in total. The molecule has 0 aliphatic rings. The van der Waals surface area contributed by atoms with Crippen LogP contribution in [0.3, 0.4) is 0 Å². The molecule has 0 fully saturated rings. The van der Waals surface area contributed by atoms with E-state index in [-0.39, 0.29) is 0 Å². The van der Waals surface area contributed by atoms with Crippen LogP contribution in [0.2, 0.25) is 0 Å². The lowest BCUT2D eigenvalue weighted by Crippen LogP contribution is -2.01. The van der Waals surface area contributed by atoms with Gasteiger partial charge in [0.05, 0.1) is 6.61 Å². The van der Waals surface area contributed by atoms with E-state index >= 15 is 0 Å². The van der Waals surface area contributed by atoms with Crippen LogP contribution in [0.25, 0.3) is 0 Å². The van der Waals surface area contributed by atoms with E-state index < -0.39 is 0 Å². The summed E-state index contributed by atoms with van der Waals surface area (Å²) in [5, 5.41) is 2.91. The molecule has 0 spiro atoms. The lowest BCUT2D eigenvalue weighted by atomic mass is 10.2. The van der Waals surface area contributed by atoms with Gasteiger partial charge in [0.25, 0.3) is 0 Å². The van der Waals surface area contributed by atoms with Crippen molar-refractivity contribution in [1.82, 2.24) is 10.3 Å². The van der Waals surface area contributed by atoms with Crippen molar-refractivity contribution in [3.8, 4) is 0 Å². The second kappa shape index (κ2) is 8.91. The monoisotopic (exact) mass is 273 g/mol. The highest BCUT2D eigenvalue weighted by Gasteiger charge is 1.97. The fourth-order valence-corrected chi connectivity index (χ4v) is 1.49. The zero-order valence-electron chi connectivity index (χ0n) is 12.7. The molecule has 1 aromatic rings. The van der Waals surface area contributed by atoms with Crippen LogP contribution in [0.15, 0.2) is 41.2 Å². The second-order valence-corrected chi connectivity index (χ2v) is 4.52. The quantitative estimate of drug-likeness (QED) is 0.359. The van der Waals surface area contributed by atoms with Crippen molar-refractivity contribution in [3.63, 3.8) is 0 Å². The van der Waals surface area contributed by atoms with Gasteiger partial charge in [-0.3, -0.25) is 4.98 Å². The Morgan fingerprint density at radius 2 is 2.20 bits per heavy atom. The predicted octanol–water partition coefficient (Wildman–Crippen LogP) is 2.92. The molecule has 0 saturated heterocycles. The van der Waals surface area contributed by atoms with Crippen molar-refractivity contribution in [2.24, 2.45) is 4.99 Å². The van der Waals surface area contributed by atoms with Crippen molar-refractivity contribution < 1.29 is 4.74 Å². The molecule has 0 aliphatic carbocycles.